The molecular weight excluding hydrogens is 315 g/mol. The van der Waals surface area contributed by atoms with Crippen molar-refractivity contribution in [1.29, 1.82) is 0 Å². The lowest BCUT2D eigenvalue weighted by atomic mass is 10.1. The third kappa shape index (κ3) is 2.30. The second-order valence-electron chi connectivity index (χ2n) is 5.59. The van der Waals surface area contributed by atoms with Gasteiger partial charge in [-0.1, -0.05) is 6.07 Å². The molecule has 0 unspecified atom stereocenters. The summed E-state index contributed by atoms with van der Waals surface area (Å²) in [5.74, 6) is -1.41. The number of carbonyl (C=O) groups is 2. The monoisotopic (exact) mass is 328 g/mol. The summed E-state index contributed by atoms with van der Waals surface area (Å²) < 4.78 is 13.9. The lowest BCUT2D eigenvalue weighted by Gasteiger charge is -2.13. The summed E-state index contributed by atoms with van der Waals surface area (Å²) in [7, 11) is 0. The van der Waals surface area contributed by atoms with Gasteiger partial charge in [-0.15, -0.1) is 0 Å². The van der Waals surface area contributed by atoms with Gasteiger partial charge in [0.2, 0.25) is 11.8 Å². The third-order valence-electron chi connectivity index (χ3n) is 4.07. The van der Waals surface area contributed by atoms with Crippen molar-refractivity contribution in [2.75, 3.05) is 16.8 Å². The highest BCUT2D eigenvalue weighted by molar-refractivity contribution is 6.05. The lowest BCUT2D eigenvalue weighted by Crippen LogP contribution is -2.28. The summed E-state index contributed by atoms with van der Waals surface area (Å²) in [5, 5.41) is 15.9. The van der Waals surface area contributed by atoms with E-state index in [1.54, 1.807) is 18.3 Å². The SMILES string of the molecule is O=C(Nc1n[nH]c2cccc(F)c12)[C@H]1CC(=O)N(c2cn[nH]c2)C1. The first-order chi connectivity index (χ1) is 11.6. The molecule has 24 heavy (non-hydrogen) atoms. The molecule has 3 heterocycles. The minimum absolute atomic E-state index is 0.0852. The summed E-state index contributed by atoms with van der Waals surface area (Å²) in [6.45, 7) is 0.245. The predicted molar refractivity (Wildman–Crippen MR) is 83.7 cm³/mol. The molecule has 9 heteroatoms. The molecule has 1 aliphatic rings. The molecule has 0 spiro atoms. The van der Waals surface area contributed by atoms with Crippen molar-refractivity contribution in [3.8, 4) is 0 Å². The fourth-order valence-corrected chi connectivity index (χ4v) is 2.86. The Bertz CT molecular complexity index is 919. The Morgan fingerprint density at radius 3 is 3.08 bits per heavy atom. The molecule has 3 N–H and O–H groups in total. The average molecular weight is 328 g/mol. The highest BCUT2D eigenvalue weighted by Crippen LogP contribution is 2.27. The first-order valence-electron chi connectivity index (χ1n) is 7.36. The van der Waals surface area contributed by atoms with Gasteiger partial charge in [0.25, 0.3) is 0 Å². The van der Waals surface area contributed by atoms with Crippen molar-refractivity contribution >= 4 is 34.2 Å². The Hall–Kier alpha value is -3.23. The lowest BCUT2D eigenvalue weighted by molar-refractivity contribution is -0.122. The highest BCUT2D eigenvalue weighted by Gasteiger charge is 2.36. The number of nitrogens with one attached hydrogen (secondary N) is 3. The van der Waals surface area contributed by atoms with Crippen LogP contribution in [0.25, 0.3) is 10.9 Å². The van der Waals surface area contributed by atoms with Gasteiger partial charge in [0.1, 0.15) is 5.82 Å². The number of fused-ring (bicyclic) bond motifs is 1. The van der Waals surface area contributed by atoms with Crippen LogP contribution < -0.4 is 10.2 Å². The molecule has 0 saturated carbocycles. The molecule has 0 bridgehead atoms. The minimum Gasteiger partial charge on any atom is -0.309 e. The van der Waals surface area contributed by atoms with Crippen molar-refractivity contribution < 1.29 is 14.0 Å². The van der Waals surface area contributed by atoms with Crippen molar-refractivity contribution in [3.63, 3.8) is 0 Å². The Kier molecular flexibility index (Phi) is 3.26. The number of halogens is 1. The molecule has 1 aromatic carbocycles. The van der Waals surface area contributed by atoms with Crippen LogP contribution in [0.15, 0.2) is 30.6 Å². The van der Waals surface area contributed by atoms with Crippen molar-refractivity contribution in [1.82, 2.24) is 20.4 Å². The quantitative estimate of drug-likeness (QED) is 0.676. The molecule has 122 valence electrons. The number of carbonyl (C=O) groups excluding carboxylic acids is 2. The van der Waals surface area contributed by atoms with Gasteiger partial charge >= 0.3 is 0 Å². The molecule has 3 aromatic rings. The first-order valence-corrected chi connectivity index (χ1v) is 7.36. The summed E-state index contributed by atoms with van der Waals surface area (Å²) >= 11 is 0. The standard InChI is InChI=1S/C15H13FN6O2/c16-10-2-1-3-11-13(10)14(21-20-11)19-15(24)8-4-12(23)22(7-8)9-5-17-18-6-9/h1-3,5-6,8H,4,7H2,(H,17,18)(H2,19,20,21,24)/t8-/m0/s1. The highest BCUT2D eigenvalue weighted by atomic mass is 19.1. The summed E-state index contributed by atoms with van der Waals surface area (Å²) in [5.41, 5.74) is 1.11. The van der Waals surface area contributed by atoms with Gasteiger partial charge in [-0.25, -0.2) is 4.39 Å². The predicted octanol–water partition coefficient (Wildman–Crippen LogP) is 1.42. The fourth-order valence-electron chi connectivity index (χ4n) is 2.86. The van der Waals surface area contributed by atoms with Crippen LogP contribution in [0.4, 0.5) is 15.9 Å². The van der Waals surface area contributed by atoms with E-state index in [1.807, 2.05) is 0 Å². The topological polar surface area (TPSA) is 107 Å². The smallest absolute Gasteiger partial charge is 0.231 e. The Morgan fingerprint density at radius 1 is 1.42 bits per heavy atom. The van der Waals surface area contributed by atoms with Crippen LogP contribution >= 0.6 is 0 Å². The molecule has 2 amide bonds. The zero-order chi connectivity index (χ0) is 16.7. The number of hydrogen-bond donors (Lipinski definition) is 3. The van der Waals surface area contributed by atoms with Gasteiger partial charge in [0, 0.05) is 19.2 Å². The molecule has 0 radical (unpaired) electrons. The molecule has 8 nitrogen and oxygen atoms in total. The van der Waals surface area contributed by atoms with Gasteiger partial charge in [0.05, 0.1) is 28.7 Å². The molecule has 1 aliphatic heterocycles. The summed E-state index contributed by atoms with van der Waals surface area (Å²) in [6, 6.07) is 4.52. The molecule has 1 fully saturated rings. The van der Waals surface area contributed by atoms with Crippen LogP contribution in [0.3, 0.4) is 0 Å². The van der Waals surface area contributed by atoms with E-state index in [0.717, 1.165) is 0 Å². The number of amides is 2. The number of rotatable bonds is 3. The van der Waals surface area contributed by atoms with Crippen LogP contribution in [0, 0.1) is 11.7 Å². The van der Waals surface area contributed by atoms with E-state index in [1.165, 1.54) is 17.2 Å². The second-order valence-corrected chi connectivity index (χ2v) is 5.59. The maximum atomic E-state index is 13.9. The van der Waals surface area contributed by atoms with Crippen LogP contribution in [0.2, 0.25) is 0 Å². The van der Waals surface area contributed by atoms with E-state index in [-0.39, 0.29) is 36.0 Å². The second kappa shape index (κ2) is 5.44. The van der Waals surface area contributed by atoms with E-state index in [4.69, 9.17) is 0 Å². The van der Waals surface area contributed by atoms with Crippen molar-refractivity contribution in [3.05, 3.63) is 36.4 Å². The number of benzene rings is 1. The maximum Gasteiger partial charge on any atom is 0.231 e. The van der Waals surface area contributed by atoms with E-state index in [0.29, 0.717) is 11.2 Å². The zero-order valence-electron chi connectivity index (χ0n) is 12.4. The molecule has 0 aliphatic carbocycles. The number of nitrogens with zero attached hydrogens (tertiary/aromatic N) is 3. The zero-order valence-corrected chi connectivity index (χ0v) is 12.4. The number of aromatic amines is 2. The fraction of sp³-hybridized carbons (Fsp3) is 0.200. The largest absolute Gasteiger partial charge is 0.309 e. The Labute approximate surface area is 135 Å². The number of anilines is 2. The summed E-state index contributed by atoms with van der Waals surface area (Å²) in [4.78, 5) is 26.0. The van der Waals surface area contributed by atoms with Crippen LogP contribution in [0.5, 0.6) is 0 Å². The Morgan fingerprint density at radius 2 is 2.29 bits per heavy atom. The third-order valence-corrected chi connectivity index (χ3v) is 4.07. The van der Waals surface area contributed by atoms with Gasteiger partial charge < -0.3 is 10.2 Å². The molecule has 4 rings (SSSR count). The summed E-state index contributed by atoms with van der Waals surface area (Å²) in [6.07, 6.45) is 3.20. The first kappa shape index (κ1) is 14.4. The number of hydrogen-bond acceptors (Lipinski definition) is 4. The molecule has 1 saturated heterocycles. The normalized spacial score (nSPS) is 17.6. The molecule has 1 atom stereocenters. The van der Waals surface area contributed by atoms with E-state index < -0.39 is 11.7 Å². The van der Waals surface area contributed by atoms with Crippen molar-refractivity contribution in [2.45, 2.75) is 6.42 Å². The van der Waals surface area contributed by atoms with Gasteiger partial charge in [-0.2, -0.15) is 10.2 Å². The van der Waals surface area contributed by atoms with Gasteiger partial charge in [0.15, 0.2) is 5.82 Å². The van der Waals surface area contributed by atoms with E-state index >= 15 is 0 Å². The van der Waals surface area contributed by atoms with Crippen LogP contribution in [-0.2, 0) is 9.59 Å². The molecular formula is C15H13FN6O2. The Balaban J connectivity index is 1.53. The van der Waals surface area contributed by atoms with Crippen LogP contribution in [-0.4, -0.2) is 38.8 Å². The van der Waals surface area contributed by atoms with E-state index in [2.05, 4.69) is 25.7 Å². The maximum absolute atomic E-state index is 13.9. The number of H-pyrrole nitrogens is 2. The minimum atomic E-state index is -0.536. The average Bonchev–Trinajstić information content (AvgIpc) is 3.27. The molecule has 2 aromatic heterocycles. The number of aromatic nitrogens is 4. The van der Waals surface area contributed by atoms with Crippen LogP contribution in [0.1, 0.15) is 6.42 Å². The van der Waals surface area contributed by atoms with E-state index in [9.17, 15) is 14.0 Å². The van der Waals surface area contributed by atoms with Gasteiger partial charge in [-0.3, -0.25) is 19.8 Å². The van der Waals surface area contributed by atoms with Gasteiger partial charge in [-0.05, 0) is 12.1 Å². The van der Waals surface area contributed by atoms with Crippen molar-refractivity contribution in [2.24, 2.45) is 5.92 Å².